The van der Waals surface area contributed by atoms with Crippen LogP contribution in [0.15, 0.2) is 54.2 Å². The fourth-order valence-corrected chi connectivity index (χ4v) is 2.70. The second kappa shape index (κ2) is 6.49. The van der Waals surface area contributed by atoms with Crippen molar-refractivity contribution in [2.45, 2.75) is 13.5 Å². The van der Waals surface area contributed by atoms with Crippen LogP contribution in [0.3, 0.4) is 0 Å². The van der Waals surface area contributed by atoms with E-state index < -0.39 is 0 Å². The van der Waals surface area contributed by atoms with Crippen LogP contribution in [0.1, 0.15) is 20.9 Å². The third-order valence-electron chi connectivity index (χ3n) is 3.24. The number of hydrogen-bond donors (Lipinski definition) is 1. The average Bonchev–Trinajstić information content (AvgIpc) is 3.00. The molecule has 0 bridgehead atoms. The third-order valence-corrected chi connectivity index (χ3v) is 4.01. The Morgan fingerprint density at radius 3 is 2.68 bits per heavy atom. The van der Waals surface area contributed by atoms with Gasteiger partial charge in [-0.15, -0.1) is 11.3 Å². The summed E-state index contributed by atoms with van der Waals surface area (Å²) in [6, 6.07) is 11.3. The summed E-state index contributed by atoms with van der Waals surface area (Å²) >= 11 is 1.62. The largest absolute Gasteiger partial charge is 0.348 e. The van der Waals surface area contributed by atoms with E-state index in [1.165, 1.54) is 0 Å². The number of aromatic nitrogens is 2. The Bertz CT molecular complexity index is 766. The maximum atomic E-state index is 12.1. The fraction of sp³-hybridized carbons (Fsp3) is 0.118. The zero-order valence-corrected chi connectivity index (χ0v) is 12.9. The Morgan fingerprint density at radius 1 is 1.23 bits per heavy atom. The van der Waals surface area contributed by atoms with E-state index in [1.807, 2.05) is 48.7 Å². The lowest BCUT2D eigenvalue weighted by Gasteiger charge is -2.05. The van der Waals surface area contributed by atoms with Gasteiger partial charge in [-0.2, -0.15) is 0 Å². The van der Waals surface area contributed by atoms with Crippen molar-refractivity contribution < 1.29 is 4.79 Å². The van der Waals surface area contributed by atoms with Crippen LogP contribution in [-0.2, 0) is 6.54 Å². The zero-order chi connectivity index (χ0) is 15.4. The second-order valence-corrected chi connectivity index (χ2v) is 5.94. The summed E-state index contributed by atoms with van der Waals surface area (Å²) in [5.74, 6) is -0.0927. The molecule has 0 atom stereocenters. The number of benzene rings is 1. The summed E-state index contributed by atoms with van der Waals surface area (Å²) in [7, 11) is 0. The lowest BCUT2D eigenvalue weighted by molar-refractivity contribution is 0.0951. The highest BCUT2D eigenvalue weighted by Gasteiger charge is 2.07. The molecule has 0 unspecified atom stereocenters. The molecule has 0 aliphatic rings. The molecule has 1 N–H and O–H groups in total. The number of rotatable bonds is 4. The molecule has 1 aromatic carbocycles. The van der Waals surface area contributed by atoms with E-state index in [9.17, 15) is 4.79 Å². The number of pyridine rings is 1. The van der Waals surface area contributed by atoms with Crippen molar-refractivity contribution in [1.82, 2.24) is 15.3 Å². The van der Waals surface area contributed by atoms with Crippen LogP contribution in [0.2, 0.25) is 0 Å². The van der Waals surface area contributed by atoms with Gasteiger partial charge in [0.25, 0.3) is 5.91 Å². The molecular weight excluding hydrogens is 294 g/mol. The minimum Gasteiger partial charge on any atom is -0.348 e. The number of nitrogens with zero attached hydrogens (tertiary/aromatic N) is 2. The maximum absolute atomic E-state index is 12.1. The lowest BCUT2D eigenvalue weighted by atomic mass is 10.1. The molecular formula is C17H15N3OS. The number of nitrogens with one attached hydrogen (secondary N) is 1. The van der Waals surface area contributed by atoms with Crippen molar-refractivity contribution in [3.8, 4) is 11.3 Å². The van der Waals surface area contributed by atoms with Gasteiger partial charge in [0.2, 0.25) is 0 Å². The zero-order valence-electron chi connectivity index (χ0n) is 12.1. The van der Waals surface area contributed by atoms with E-state index in [4.69, 9.17) is 0 Å². The SMILES string of the molecule is Cc1nc(-c2ccc(C(=O)NCc3cccnc3)cc2)cs1. The Labute approximate surface area is 132 Å². The van der Waals surface area contributed by atoms with Crippen LogP contribution in [-0.4, -0.2) is 15.9 Å². The van der Waals surface area contributed by atoms with Gasteiger partial charge >= 0.3 is 0 Å². The van der Waals surface area contributed by atoms with E-state index in [0.29, 0.717) is 12.1 Å². The predicted octanol–water partition coefficient (Wildman–Crippen LogP) is 3.44. The minimum absolute atomic E-state index is 0.0927. The van der Waals surface area contributed by atoms with E-state index in [1.54, 1.807) is 23.7 Å². The van der Waals surface area contributed by atoms with Gasteiger partial charge in [-0.05, 0) is 30.7 Å². The molecule has 22 heavy (non-hydrogen) atoms. The normalized spacial score (nSPS) is 10.4. The summed E-state index contributed by atoms with van der Waals surface area (Å²) < 4.78 is 0. The number of aryl methyl sites for hydroxylation is 1. The van der Waals surface area contributed by atoms with Crippen molar-refractivity contribution in [1.29, 1.82) is 0 Å². The van der Waals surface area contributed by atoms with E-state index in [0.717, 1.165) is 21.8 Å². The number of carbonyl (C=O) groups is 1. The van der Waals surface area contributed by atoms with Gasteiger partial charge in [0.1, 0.15) is 0 Å². The number of amides is 1. The molecule has 0 spiro atoms. The van der Waals surface area contributed by atoms with Gasteiger partial charge in [-0.1, -0.05) is 18.2 Å². The van der Waals surface area contributed by atoms with Crippen LogP contribution >= 0.6 is 11.3 Å². The standard InChI is InChI=1S/C17H15N3OS/c1-12-20-16(11-22-12)14-4-6-15(7-5-14)17(21)19-10-13-3-2-8-18-9-13/h2-9,11H,10H2,1H3,(H,19,21). The molecule has 2 heterocycles. The van der Waals surface area contributed by atoms with E-state index in [-0.39, 0.29) is 5.91 Å². The highest BCUT2D eigenvalue weighted by Crippen LogP contribution is 2.21. The van der Waals surface area contributed by atoms with Crippen molar-refractivity contribution in [2.75, 3.05) is 0 Å². The monoisotopic (exact) mass is 309 g/mol. The first kappa shape index (κ1) is 14.4. The highest BCUT2D eigenvalue weighted by molar-refractivity contribution is 7.09. The van der Waals surface area contributed by atoms with E-state index >= 15 is 0 Å². The third kappa shape index (κ3) is 3.38. The first-order chi connectivity index (χ1) is 10.7. The molecule has 0 saturated heterocycles. The molecule has 110 valence electrons. The average molecular weight is 309 g/mol. The van der Waals surface area contributed by atoms with Gasteiger partial charge in [-0.25, -0.2) is 4.98 Å². The summed E-state index contributed by atoms with van der Waals surface area (Å²) in [5.41, 5.74) is 3.59. The molecule has 0 radical (unpaired) electrons. The Hall–Kier alpha value is -2.53. The van der Waals surface area contributed by atoms with Crippen molar-refractivity contribution in [3.63, 3.8) is 0 Å². The molecule has 0 aliphatic heterocycles. The summed E-state index contributed by atoms with van der Waals surface area (Å²) in [6.07, 6.45) is 3.46. The molecule has 0 fully saturated rings. The molecule has 5 heteroatoms. The van der Waals surface area contributed by atoms with Gasteiger partial charge in [0.05, 0.1) is 10.7 Å². The molecule has 1 amide bonds. The van der Waals surface area contributed by atoms with Gasteiger partial charge < -0.3 is 5.32 Å². The van der Waals surface area contributed by atoms with Crippen LogP contribution in [0.25, 0.3) is 11.3 Å². The molecule has 2 aromatic heterocycles. The Kier molecular flexibility index (Phi) is 4.25. The quantitative estimate of drug-likeness (QED) is 0.803. The Balaban J connectivity index is 1.66. The summed E-state index contributed by atoms with van der Waals surface area (Å²) in [6.45, 7) is 2.45. The van der Waals surface area contributed by atoms with Gasteiger partial charge in [0, 0.05) is 35.4 Å². The summed E-state index contributed by atoms with van der Waals surface area (Å²) in [4.78, 5) is 20.6. The number of carbonyl (C=O) groups excluding carboxylic acids is 1. The molecule has 0 saturated carbocycles. The Morgan fingerprint density at radius 2 is 2.05 bits per heavy atom. The van der Waals surface area contributed by atoms with Crippen molar-refractivity contribution >= 4 is 17.2 Å². The number of thiazole rings is 1. The first-order valence-corrected chi connectivity index (χ1v) is 7.80. The smallest absolute Gasteiger partial charge is 0.251 e. The fourth-order valence-electron chi connectivity index (χ4n) is 2.08. The molecule has 4 nitrogen and oxygen atoms in total. The van der Waals surface area contributed by atoms with Crippen molar-refractivity contribution in [2.24, 2.45) is 0 Å². The molecule has 3 aromatic rings. The van der Waals surface area contributed by atoms with Gasteiger partial charge in [0.15, 0.2) is 0 Å². The van der Waals surface area contributed by atoms with Crippen LogP contribution < -0.4 is 5.32 Å². The second-order valence-electron chi connectivity index (χ2n) is 4.87. The van der Waals surface area contributed by atoms with Crippen molar-refractivity contribution in [3.05, 3.63) is 70.3 Å². The maximum Gasteiger partial charge on any atom is 0.251 e. The topological polar surface area (TPSA) is 54.9 Å². The first-order valence-electron chi connectivity index (χ1n) is 6.92. The minimum atomic E-state index is -0.0927. The predicted molar refractivity (Wildman–Crippen MR) is 87.7 cm³/mol. The lowest BCUT2D eigenvalue weighted by Crippen LogP contribution is -2.22. The summed E-state index contributed by atoms with van der Waals surface area (Å²) in [5, 5.41) is 5.94. The van der Waals surface area contributed by atoms with Gasteiger partial charge in [-0.3, -0.25) is 9.78 Å². The van der Waals surface area contributed by atoms with Crippen LogP contribution in [0.5, 0.6) is 0 Å². The van der Waals surface area contributed by atoms with Crippen LogP contribution in [0.4, 0.5) is 0 Å². The van der Waals surface area contributed by atoms with E-state index in [2.05, 4.69) is 15.3 Å². The van der Waals surface area contributed by atoms with Crippen LogP contribution in [0, 0.1) is 6.92 Å². The molecule has 3 rings (SSSR count). The number of hydrogen-bond acceptors (Lipinski definition) is 4. The molecule has 0 aliphatic carbocycles. The highest BCUT2D eigenvalue weighted by atomic mass is 32.1.